The Morgan fingerprint density at radius 1 is 1.00 bits per heavy atom. The summed E-state index contributed by atoms with van der Waals surface area (Å²) in [5.74, 6) is 0. The SMILES string of the molecule is [CH2]C=C/C=C/c1ccccc1. The van der Waals surface area contributed by atoms with Crippen LogP contribution in [0.15, 0.2) is 48.6 Å². The molecule has 1 radical (unpaired) electrons. The Labute approximate surface area is 67.9 Å². The van der Waals surface area contributed by atoms with Gasteiger partial charge in [-0.1, -0.05) is 54.6 Å². The quantitative estimate of drug-likeness (QED) is 0.558. The van der Waals surface area contributed by atoms with Crippen LogP contribution in [-0.2, 0) is 0 Å². The molecule has 0 heteroatoms. The summed E-state index contributed by atoms with van der Waals surface area (Å²) in [6, 6.07) is 10.2. The van der Waals surface area contributed by atoms with E-state index < -0.39 is 0 Å². The normalized spacial score (nSPS) is 11.4. The maximum atomic E-state index is 3.59. The predicted octanol–water partition coefficient (Wildman–Crippen LogP) is 3.09. The molecule has 55 valence electrons. The van der Waals surface area contributed by atoms with Gasteiger partial charge in [0.2, 0.25) is 0 Å². The highest BCUT2D eigenvalue weighted by atomic mass is 13.8. The third-order valence-corrected chi connectivity index (χ3v) is 1.34. The highest BCUT2D eigenvalue weighted by Crippen LogP contribution is 2.00. The molecule has 0 aliphatic heterocycles. The summed E-state index contributed by atoms with van der Waals surface area (Å²) >= 11 is 0. The molecule has 1 aromatic carbocycles. The number of allylic oxidation sites excluding steroid dienone is 3. The molecule has 0 aliphatic rings. The van der Waals surface area contributed by atoms with Gasteiger partial charge in [-0.05, 0) is 12.5 Å². The second-order valence-corrected chi connectivity index (χ2v) is 2.20. The van der Waals surface area contributed by atoms with Crippen molar-refractivity contribution >= 4 is 6.08 Å². The molecule has 0 aliphatic carbocycles. The minimum Gasteiger partial charge on any atom is -0.0842 e. The fourth-order valence-electron chi connectivity index (χ4n) is 0.809. The summed E-state index contributed by atoms with van der Waals surface area (Å²) < 4.78 is 0. The monoisotopic (exact) mass is 143 g/mol. The lowest BCUT2D eigenvalue weighted by Gasteiger charge is -1.87. The Hall–Kier alpha value is -1.30. The average Bonchev–Trinajstić information content (AvgIpc) is 2.07. The molecule has 0 N–H and O–H groups in total. The van der Waals surface area contributed by atoms with Crippen LogP contribution in [0.4, 0.5) is 0 Å². The molecule has 0 heterocycles. The van der Waals surface area contributed by atoms with Gasteiger partial charge in [0.1, 0.15) is 0 Å². The van der Waals surface area contributed by atoms with Crippen molar-refractivity contribution in [2.75, 3.05) is 0 Å². The highest BCUT2D eigenvalue weighted by molar-refractivity contribution is 5.50. The molecule has 0 atom stereocenters. The Morgan fingerprint density at radius 3 is 2.36 bits per heavy atom. The molecule has 0 saturated carbocycles. The molecule has 0 saturated heterocycles. The Bertz CT molecular complexity index is 242. The van der Waals surface area contributed by atoms with E-state index in [9.17, 15) is 0 Å². The number of benzene rings is 1. The van der Waals surface area contributed by atoms with Crippen LogP contribution in [-0.4, -0.2) is 0 Å². The maximum absolute atomic E-state index is 3.59. The van der Waals surface area contributed by atoms with E-state index in [1.807, 2.05) is 36.4 Å². The van der Waals surface area contributed by atoms with Crippen LogP contribution in [0.2, 0.25) is 0 Å². The lowest BCUT2D eigenvalue weighted by atomic mass is 10.2. The van der Waals surface area contributed by atoms with Crippen molar-refractivity contribution in [1.82, 2.24) is 0 Å². The van der Waals surface area contributed by atoms with Crippen molar-refractivity contribution in [3.05, 3.63) is 61.0 Å². The molecule has 0 fully saturated rings. The van der Waals surface area contributed by atoms with E-state index in [1.165, 1.54) is 5.56 Å². The molecule has 0 nitrogen and oxygen atoms in total. The third kappa shape index (κ3) is 2.85. The van der Waals surface area contributed by atoms with E-state index in [4.69, 9.17) is 0 Å². The van der Waals surface area contributed by atoms with Gasteiger partial charge in [-0.25, -0.2) is 0 Å². The molecule has 1 rings (SSSR count). The first-order valence-electron chi connectivity index (χ1n) is 3.61. The molecule has 0 amide bonds. The second kappa shape index (κ2) is 4.51. The van der Waals surface area contributed by atoms with E-state index >= 15 is 0 Å². The van der Waals surface area contributed by atoms with E-state index in [2.05, 4.69) is 19.1 Å². The van der Waals surface area contributed by atoms with Crippen LogP contribution < -0.4 is 0 Å². The first-order chi connectivity index (χ1) is 5.43. The standard InChI is InChI=1S/C11H11/c1-2-3-5-8-11-9-6-4-7-10-11/h2-10H,1H2/b3-2?,8-5+. The summed E-state index contributed by atoms with van der Waals surface area (Å²) in [7, 11) is 0. The van der Waals surface area contributed by atoms with Gasteiger partial charge in [0, 0.05) is 0 Å². The van der Waals surface area contributed by atoms with Crippen molar-refractivity contribution in [3.8, 4) is 0 Å². The first-order valence-corrected chi connectivity index (χ1v) is 3.61. The molecular formula is C11H11. The minimum atomic E-state index is 1.21. The fourth-order valence-corrected chi connectivity index (χ4v) is 0.809. The van der Waals surface area contributed by atoms with Gasteiger partial charge in [0.15, 0.2) is 0 Å². The van der Waals surface area contributed by atoms with Gasteiger partial charge >= 0.3 is 0 Å². The zero-order chi connectivity index (χ0) is 7.94. The van der Waals surface area contributed by atoms with Crippen molar-refractivity contribution in [2.24, 2.45) is 0 Å². The maximum Gasteiger partial charge on any atom is -0.0257 e. The fraction of sp³-hybridized carbons (Fsp3) is 0. The largest absolute Gasteiger partial charge is 0.0842 e. The average molecular weight is 143 g/mol. The van der Waals surface area contributed by atoms with Crippen LogP contribution in [0.3, 0.4) is 0 Å². The lowest BCUT2D eigenvalue weighted by molar-refractivity contribution is 1.66. The minimum absolute atomic E-state index is 1.21. The second-order valence-electron chi connectivity index (χ2n) is 2.20. The topological polar surface area (TPSA) is 0 Å². The van der Waals surface area contributed by atoms with Crippen molar-refractivity contribution in [1.29, 1.82) is 0 Å². The van der Waals surface area contributed by atoms with Crippen molar-refractivity contribution < 1.29 is 0 Å². The zero-order valence-corrected chi connectivity index (χ0v) is 6.40. The lowest BCUT2D eigenvalue weighted by Crippen LogP contribution is -1.66. The summed E-state index contributed by atoms with van der Waals surface area (Å²) in [5.41, 5.74) is 1.21. The van der Waals surface area contributed by atoms with Crippen LogP contribution in [0.5, 0.6) is 0 Å². The molecular weight excluding hydrogens is 132 g/mol. The molecule has 0 bridgehead atoms. The number of hydrogen-bond donors (Lipinski definition) is 0. The number of hydrogen-bond acceptors (Lipinski definition) is 0. The van der Waals surface area contributed by atoms with E-state index in [-0.39, 0.29) is 0 Å². The molecule has 0 unspecified atom stereocenters. The Balaban J connectivity index is 2.64. The number of rotatable bonds is 2. The molecule has 1 aromatic rings. The zero-order valence-electron chi connectivity index (χ0n) is 6.40. The van der Waals surface area contributed by atoms with E-state index in [0.717, 1.165) is 0 Å². The summed E-state index contributed by atoms with van der Waals surface area (Å²) in [6.07, 6.45) is 7.69. The highest BCUT2D eigenvalue weighted by Gasteiger charge is 1.78. The smallest absolute Gasteiger partial charge is 0.0257 e. The summed E-state index contributed by atoms with van der Waals surface area (Å²) in [6.45, 7) is 3.59. The van der Waals surface area contributed by atoms with E-state index in [0.29, 0.717) is 0 Å². The van der Waals surface area contributed by atoms with Gasteiger partial charge in [-0.2, -0.15) is 0 Å². The third-order valence-electron chi connectivity index (χ3n) is 1.34. The van der Waals surface area contributed by atoms with Gasteiger partial charge in [-0.3, -0.25) is 0 Å². The van der Waals surface area contributed by atoms with Gasteiger partial charge in [-0.15, -0.1) is 0 Å². The summed E-state index contributed by atoms with van der Waals surface area (Å²) in [4.78, 5) is 0. The van der Waals surface area contributed by atoms with Gasteiger partial charge < -0.3 is 0 Å². The summed E-state index contributed by atoms with van der Waals surface area (Å²) in [5, 5.41) is 0. The predicted molar refractivity (Wildman–Crippen MR) is 50.0 cm³/mol. The van der Waals surface area contributed by atoms with E-state index in [1.54, 1.807) is 6.08 Å². The van der Waals surface area contributed by atoms with Crippen LogP contribution in [0, 0.1) is 6.92 Å². The van der Waals surface area contributed by atoms with Crippen molar-refractivity contribution in [3.63, 3.8) is 0 Å². The van der Waals surface area contributed by atoms with Crippen LogP contribution in [0.1, 0.15) is 5.56 Å². The van der Waals surface area contributed by atoms with Crippen molar-refractivity contribution in [2.45, 2.75) is 0 Å². The molecule has 11 heavy (non-hydrogen) atoms. The molecule has 0 spiro atoms. The molecule has 0 aromatic heterocycles. The van der Waals surface area contributed by atoms with Gasteiger partial charge in [0.05, 0.1) is 0 Å². The van der Waals surface area contributed by atoms with Crippen LogP contribution >= 0.6 is 0 Å². The van der Waals surface area contributed by atoms with Gasteiger partial charge in [0.25, 0.3) is 0 Å². The Morgan fingerprint density at radius 2 is 1.73 bits per heavy atom. The first kappa shape index (κ1) is 7.80. The Kier molecular flexibility index (Phi) is 3.20. The van der Waals surface area contributed by atoms with Crippen LogP contribution in [0.25, 0.3) is 6.08 Å².